The highest BCUT2D eigenvalue weighted by molar-refractivity contribution is 5.96. The first-order valence-corrected chi connectivity index (χ1v) is 7.95. The molecule has 0 unspecified atom stereocenters. The fourth-order valence-corrected chi connectivity index (χ4v) is 2.89. The first-order chi connectivity index (χ1) is 11.8. The number of nitrogens with zero attached hydrogens (tertiary/aromatic N) is 2. The van der Waals surface area contributed by atoms with E-state index in [1.807, 2.05) is 43.4 Å². The van der Waals surface area contributed by atoms with Gasteiger partial charge in [0.25, 0.3) is 0 Å². The van der Waals surface area contributed by atoms with Crippen molar-refractivity contribution in [2.45, 2.75) is 6.92 Å². The van der Waals surface area contributed by atoms with E-state index in [1.54, 1.807) is 0 Å². The zero-order valence-electron chi connectivity index (χ0n) is 13.4. The standard InChI is InChI=1S/C22H16N2/c1-16-15-21(20-14-8-12-17-9-6-7-13-19(17)20)24-22(23-16)18-10-4-2-3-5-11-18/h2,4-15H,1H3. The molecular formula is C22H16N2. The third-order valence-corrected chi connectivity index (χ3v) is 4.01. The van der Waals surface area contributed by atoms with Gasteiger partial charge in [-0.15, -0.1) is 5.73 Å². The van der Waals surface area contributed by atoms with E-state index in [9.17, 15) is 0 Å². The maximum atomic E-state index is 4.83. The third kappa shape index (κ3) is 2.71. The molecule has 0 radical (unpaired) electrons. The van der Waals surface area contributed by atoms with Gasteiger partial charge in [-0.3, -0.25) is 0 Å². The van der Waals surface area contributed by atoms with Crippen molar-refractivity contribution in [2.24, 2.45) is 0 Å². The summed E-state index contributed by atoms with van der Waals surface area (Å²) in [5.41, 5.74) is 7.09. The number of allylic oxidation sites excluding steroid dienone is 5. The van der Waals surface area contributed by atoms with Crippen LogP contribution in [0, 0.1) is 6.92 Å². The van der Waals surface area contributed by atoms with Crippen LogP contribution in [0.3, 0.4) is 0 Å². The Kier molecular flexibility index (Phi) is 3.66. The maximum Gasteiger partial charge on any atom is 0.160 e. The monoisotopic (exact) mass is 308 g/mol. The molecule has 114 valence electrons. The SMILES string of the molecule is Cc1cc(-c2cccc3ccccc23)nc(C2=CC=C=CC=C2)n1. The van der Waals surface area contributed by atoms with E-state index >= 15 is 0 Å². The number of benzene rings is 2. The summed E-state index contributed by atoms with van der Waals surface area (Å²) in [7, 11) is 0. The van der Waals surface area contributed by atoms with Gasteiger partial charge < -0.3 is 0 Å². The number of hydrogen-bond donors (Lipinski definition) is 0. The highest BCUT2D eigenvalue weighted by Gasteiger charge is 2.10. The molecule has 2 heteroatoms. The molecule has 2 nitrogen and oxygen atoms in total. The van der Waals surface area contributed by atoms with Crippen LogP contribution in [-0.2, 0) is 0 Å². The van der Waals surface area contributed by atoms with Crippen LogP contribution in [0.25, 0.3) is 27.6 Å². The summed E-state index contributed by atoms with van der Waals surface area (Å²) in [5, 5.41) is 2.42. The largest absolute Gasteiger partial charge is 0.233 e. The summed E-state index contributed by atoms with van der Waals surface area (Å²) in [6.45, 7) is 2.01. The fraction of sp³-hybridized carbons (Fsp3) is 0.0455. The summed E-state index contributed by atoms with van der Waals surface area (Å²) in [6.07, 6.45) is 9.72. The predicted octanol–water partition coefficient (Wildman–Crippen LogP) is 5.27. The number of fused-ring (bicyclic) bond motifs is 1. The summed E-state index contributed by atoms with van der Waals surface area (Å²) in [5.74, 6) is 0.738. The maximum absolute atomic E-state index is 4.83. The lowest BCUT2D eigenvalue weighted by atomic mass is 10.0. The molecular weight excluding hydrogens is 292 g/mol. The molecule has 4 rings (SSSR count). The Morgan fingerprint density at radius 3 is 2.75 bits per heavy atom. The Labute approximate surface area is 141 Å². The topological polar surface area (TPSA) is 25.8 Å². The molecule has 2 aromatic carbocycles. The molecule has 0 fully saturated rings. The van der Waals surface area contributed by atoms with Gasteiger partial charge in [-0.1, -0.05) is 54.6 Å². The Morgan fingerprint density at radius 1 is 0.917 bits per heavy atom. The van der Waals surface area contributed by atoms with Crippen molar-refractivity contribution < 1.29 is 0 Å². The van der Waals surface area contributed by atoms with Crippen LogP contribution in [0.2, 0.25) is 0 Å². The van der Waals surface area contributed by atoms with Gasteiger partial charge in [-0.25, -0.2) is 9.97 Å². The van der Waals surface area contributed by atoms with Crippen molar-refractivity contribution in [3.63, 3.8) is 0 Å². The number of rotatable bonds is 2. The second-order valence-electron chi connectivity index (χ2n) is 5.73. The first kappa shape index (κ1) is 14.4. The van der Waals surface area contributed by atoms with Crippen molar-refractivity contribution in [3.8, 4) is 11.3 Å². The van der Waals surface area contributed by atoms with E-state index < -0.39 is 0 Å². The first-order valence-electron chi connectivity index (χ1n) is 7.95. The lowest BCUT2D eigenvalue weighted by molar-refractivity contribution is 1.07. The summed E-state index contributed by atoms with van der Waals surface area (Å²) in [6, 6.07) is 16.7. The van der Waals surface area contributed by atoms with E-state index in [4.69, 9.17) is 4.98 Å². The van der Waals surface area contributed by atoms with Crippen LogP contribution in [-0.4, -0.2) is 9.97 Å². The van der Waals surface area contributed by atoms with Crippen LogP contribution >= 0.6 is 0 Å². The zero-order valence-corrected chi connectivity index (χ0v) is 13.4. The Morgan fingerprint density at radius 2 is 1.79 bits per heavy atom. The lowest BCUT2D eigenvalue weighted by Crippen LogP contribution is -1.98. The number of hydrogen-bond acceptors (Lipinski definition) is 2. The quantitative estimate of drug-likeness (QED) is 0.603. The molecule has 0 saturated heterocycles. The predicted molar refractivity (Wildman–Crippen MR) is 99.5 cm³/mol. The minimum absolute atomic E-state index is 0.738. The third-order valence-electron chi connectivity index (χ3n) is 4.01. The second kappa shape index (κ2) is 6.11. The molecule has 0 amide bonds. The van der Waals surface area contributed by atoms with E-state index in [1.165, 1.54) is 10.8 Å². The van der Waals surface area contributed by atoms with Gasteiger partial charge in [0.15, 0.2) is 5.82 Å². The molecule has 1 aliphatic carbocycles. The molecule has 0 spiro atoms. The summed E-state index contributed by atoms with van der Waals surface area (Å²) in [4.78, 5) is 9.44. The van der Waals surface area contributed by atoms with Crippen molar-refractivity contribution in [2.75, 3.05) is 0 Å². The van der Waals surface area contributed by atoms with Gasteiger partial charge in [0.05, 0.1) is 5.69 Å². The van der Waals surface area contributed by atoms with E-state index in [0.717, 1.165) is 28.3 Å². The van der Waals surface area contributed by atoms with Gasteiger partial charge in [0.2, 0.25) is 0 Å². The van der Waals surface area contributed by atoms with Gasteiger partial charge in [-0.05, 0) is 42.0 Å². The minimum Gasteiger partial charge on any atom is -0.233 e. The molecule has 0 saturated carbocycles. The highest BCUT2D eigenvalue weighted by atomic mass is 14.9. The fourth-order valence-electron chi connectivity index (χ4n) is 2.89. The summed E-state index contributed by atoms with van der Waals surface area (Å²) >= 11 is 0. The summed E-state index contributed by atoms with van der Waals surface area (Å²) < 4.78 is 0. The molecule has 0 N–H and O–H groups in total. The van der Waals surface area contributed by atoms with Crippen LogP contribution < -0.4 is 0 Å². The van der Waals surface area contributed by atoms with Gasteiger partial charge in [0.1, 0.15) is 0 Å². The molecule has 0 bridgehead atoms. The zero-order chi connectivity index (χ0) is 16.4. The van der Waals surface area contributed by atoms with Crippen molar-refractivity contribution in [1.82, 2.24) is 9.97 Å². The molecule has 1 aromatic heterocycles. The Balaban J connectivity index is 1.90. The molecule has 24 heavy (non-hydrogen) atoms. The van der Waals surface area contributed by atoms with E-state index in [-0.39, 0.29) is 0 Å². The van der Waals surface area contributed by atoms with Gasteiger partial charge in [0, 0.05) is 16.8 Å². The van der Waals surface area contributed by atoms with Gasteiger partial charge in [-0.2, -0.15) is 0 Å². The number of aromatic nitrogens is 2. The molecule has 0 aliphatic heterocycles. The van der Waals surface area contributed by atoms with Crippen molar-refractivity contribution >= 4 is 16.3 Å². The number of aryl methyl sites for hydroxylation is 1. The molecule has 0 atom stereocenters. The average molecular weight is 308 g/mol. The average Bonchev–Trinajstić information content (AvgIpc) is 2.90. The minimum atomic E-state index is 0.738. The van der Waals surface area contributed by atoms with Gasteiger partial charge >= 0.3 is 0 Å². The molecule has 1 aliphatic rings. The van der Waals surface area contributed by atoms with E-state index in [2.05, 4.69) is 53.2 Å². The van der Waals surface area contributed by atoms with E-state index in [0.29, 0.717) is 0 Å². The molecule has 1 heterocycles. The smallest absolute Gasteiger partial charge is 0.160 e. The van der Waals surface area contributed by atoms with Crippen LogP contribution in [0.5, 0.6) is 0 Å². The Bertz CT molecular complexity index is 1040. The lowest BCUT2D eigenvalue weighted by Gasteiger charge is -2.09. The van der Waals surface area contributed by atoms with Crippen LogP contribution in [0.15, 0.2) is 84.6 Å². The van der Waals surface area contributed by atoms with Crippen molar-refractivity contribution in [3.05, 3.63) is 96.2 Å². The van der Waals surface area contributed by atoms with Crippen LogP contribution in [0.1, 0.15) is 11.5 Å². The van der Waals surface area contributed by atoms with Crippen LogP contribution in [0.4, 0.5) is 0 Å². The second-order valence-corrected chi connectivity index (χ2v) is 5.73. The molecule has 3 aromatic rings. The van der Waals surface area contributed by atoms with Crippen molar-refractivity contribution in [1.29, 1.82) is 0 Å². The normalized spacial score (nSPS) is 13.1. The highest BCUT2D eigenvalue weighted by Crippen LogP contribution is 2.28. The Hall–Kier alpha value is -3.22.